The number of para-hydroxylation sites is 1. The van der Waals surface area contributed by atoms with E-state index in [0.717, 1.165) is 29.1 Å². The molecule has 29 heavy (non-hydrogen) atoms. The number of rotatable bonds is 4. The summed E-state index contributed by atoms with van der Waals surface area (Å²) in [7, 11) is 1.66. The van der Waals surface area contributed by atoms with Crippen molar-refractivity contribution in [2.45, 2.75) is 13.0 Å². The van der Waals surface area contributed by atoms with Crippen LogP contribution in [0.1, 0.15) is 27.5 Å². The second kappa shape index (κ2) is 9.07. The quantitative estimate of drug-likeness (QED) is 0.712. The van der Waals surface area contributed by atoms with Crippen LogP contribution in [0.4, 0.5) is 0 Å². The van der Waals surface area contributed by atoms with E-state index >= 15 is 0 Å². The number of piperazine rings is 1. The average molecular weight is 414 g/mol. The molecule has 2 aromatic carbocycles. The molecular formula is C21H24ClN5O2. The van der Waals surface area contributed by atoms with Crippen molar-refractivity contribution in [3.05, 3.63) is 71.8 Å². The summed E-state index contributed by atoms with van der Waals surface area (Å²) in [5.41, 5.74) is 3.57. The first-order valence-electron chi connectivity index (χ1n) is 9.29. The van der Waals surface area contributed by atoms with Gasteiger partial charge in [0.2, 0.25) is 0 Å². The number of nitrogens with zero attached hydrogens (tertiary/aromatic N) is 4. The zero-order chi connectivity index (χ0) is 19.5. The van der Waals surface area contributed by atoms with Crippen molar-refractivity contribution in [2.75, 3.05) is 26.7 Å². The summed E-state index contributed by atoms with van der Waals surface area (Å²) in [6.07, 6.45) is 3.15. The molecular weight excluding hydrogens is 390 g/mol. The van der Waals surface area contributed by atoms with Gasteiger partial charge in [-0.3, -0.25) is 4.79 Å². The van der Waals surface area contributed by atoms with Crippen molar-refractivity contribution in [3.8, 4) is 11.4 Å². The molecule has 4 rings (SSSR count). The Morgan fingerprint density at radius 2 is 2.07 bits per heavy atom. The molecule has 1 atom stereocenters. The molecule has 0 radical (unpaired) electrons. The summed E-state index contributed by atoms with van der Waals surface area (Å²) in [5, 5.41) is 7.56. The summed E-state index contributed by atoms with van der Waals surface area (Å²) in [6.45, 7) is 4.09. The Morgan fingerprint density at radius 1 is 1.24 bits per heavy atom. The summed E-state index contributed by atoms with van der Waals surface area (Å²) in [5.74, 6) is 0.817. The van der Waals surface area contributed by atoms with Crippen molar-refractivity contribution in [1.29, 1.82) is 0 Å². The van der Waals surface area contributed by atoms with Gasteiger partial charge in [-0.2, -0.15) is 5.10 Å². The lowest BCUT2D eigenvalue weighted by Gasteiger charge is -2.37. The molecule has 1 saturated heterocycles. The highest BCUT2D eigenvalue weighted by Gasteiger charge is 2.30. The smallest absolute Gasteiger partial charge is 0.254 e. The highest BCUT2D eigenvalue weighted by Crippen LogP contribution is 2.31. The maximum atomic E-state index is 13.4. The van der Waals surface area contributed by atoms with E-state index in [-0.39, 0.29) is 24.4 Å². The number of nitrogens with one attached hydrogen (secondary N) is 1. The van der Waals surface area contributed by atoms with Crippen LogP contribution in [0.25, 0.3) is 5.69 Å². The Bertz CT molecular complexity index is 977. The average Bonchev–Trinajstić information content (AvgIpc) is 3.27. The van der Waals surface area contributed by atoms with Crippen LogP contribution in [0.15, 0.2) is 55.1 Å². The molecule has 1 aromatic heterocycles. The fourth-order valence-electron chi connectivity index (χ4n) is 3.71. The van der Waals surface area contributed by atoms with Crippen molar-refractivity contribution in [1.82, 2.24) is 25.0 Å². The Balaban J connectivity index is 0.00000240. The number of carbonyl (C=O) groups is 1. The van der Waals surface area contributed by atoms with Gasteiger partial charge in [-0.1, -0.05) is 18.2 Å². The van der Waals surface area contributed by atoms with E-state index in [1.807, 2.05) is 54.3 Å². The van der Waals surface area contributed by atoms with E-state index in [0.29, 0.717) is 18.7 Å². The Kier molecular flexibility index (Phi) is 6.51. The van der Waals surface area contributed by atoms with Crippen LogP contribution in [0, 0.1) is 6.92 Å². The molecule has 1 fully saturated rings. The monoisotopic (exact) mass is 413 g/mol. The third kappa shape index (κ3) is 4.11. The fraction of sp³-hybridized carbons (Fsp3) is 0.286. The maximum Gasteiger partial charge on any atom is 0.254 e. The van der Waals surface area contributed by atoms with Crippen molar-refractivity contribution in [3.63, 3.8) is 0 Å². The molecule has 1 aliphatic heterocycles. The van der Waals surface area contributed by atoms with E-state index < -0.39 is 0 Å². The standard InChI is InChI=1S/C21H23N5O2.ClH/c1-15-11-16(7-8-18(15)26-14-23-13-24-26)21(27)25-10-9-22-12-19(25)17-5-3-4-6-20(17)28-2;/h3-8,11,13-14,19,22H,9-10,12H2,1-2H3;1H. The van der Waals surface area contributed by atoms with Crippen LogP contribution in [0.2, 0.25) is 0 Å². The summed E-state index contributed by atoms with van der Waals surface area (Å²) in [4.78, 5) is 19.3. The first-order valence-corrected chi connectivity index (χ1v) is 9.29. The lowest BCUT2D eigenvalue weighted by molar-refractivity contribution is 0.0631. The molecule has 0 saturated carbocycles. The van der Waals surface area contributed by atoms with Crippen molar-refractivity contribution >= 4 is 18.3 Å². The summed E-state index contributed by atoms with van der Waals surface area (Å²) >= 11 is 0. The number of methoxy groups -OCH3 is 1. The number of halogens is 1. The molecule has 0 bridgehead atoms. The van der Waals surface area contributed by atoms with Gasteiger partial charge in [0.1, 0.15) is 18.4 Å². The number of benzene rings is 2. The van der Waals surface area contributed by atoms with Gasteiger partial charge >= 0.3 is 0 Å². The van der Waals surface area contributed by atoms with E-state index in [4.69, 9.17) is 4.74 Å². The first-order chi connectivity index (χ1) is 13.7. The van der Waals surface area contributed by atoms with Gasteiger partial charge in [0.15, 0.2) is 0 Å². The molecule has 0 spiro atoms. The van der Waals surface area contributed by atoms with E-state index in [1.165, 1.54) is 6.33 Å². The highest BCUT2D eigenvalue weighted by molar-refractivity contribution is 5.95. The predicted octanol–water partition coefficient (Wildman–Crippen LogP) is 2.79. The Morgan fingerprint density at radius 3 is 2.79 bits per heavy atom. The minimum atomic E-state index is -0.0762. The van der Waals surface area contributed by atoms with Crippen LogP contribution in [0.3, 0.4) is 0 Å². The topological polar surface area (TPSA) is 72.3 Å². The number of aromatic nitrogens is 3. The molecule has 3 aromatic rings. The van der Waals surface area contributed by atoms with Crippen molar-refractivity contribution in [2.24, 2.45) is 0 Å². The van der Waals surface area contributed by atoms with Gasteiger partial charge in [0.25, 0.3) is 5.91 Å². The Labute approximate surface area is 176 Å². The number of carbonyl (C=O) groups excluding carboxylic acids is 1. The third-order valence-corrected chi connectivity index (χ3v) is 5.11. The van der Waals surface area contributed by atoms with E-state index in [2.05, 4.69) is 15.4 Å². The molecule has 8 heteroatoms. The molecule has 152 valence electrons. The van der Waals surface area contributed by atoms with Crippen LogP contribution in [-0.4, -0.2) is 52.3 Å². The minimum absolute atomic E-state index is 0. The zero-order valence-corrected chi connectivity index (χ0v) is 17.2. The van der Waals surface area contributed by atoms with Crippen LogP contribution < -0.4 is 10.1 Å². The highest BCUT2D eigenvalue weighted by atomic mass is 35.5. The molecule has 2 heterocycles. The van der Waals surface area contributed by atoms with Gasteiger partial charge in [0, 0.05) is 30.8 Å². The van der Waals surface area contributed by atoms with Gasteiger partial charge in [-0.25, -0.2) is 9.67 Å². The largest absolute Gasteiger partial charge is 0.496 e. The summed E-state index contributed by atoms with van der Waals surface area (Å²) < 4.78 is 7.23. The maximum absolute atomic E-state index is 13.4. The van der Waals surface area contributed by atoms with Gasteiger partial charge in [-0.05, 0) is 36.8 Å². The lowest BCUT2D eigenvalue weighted by Crippen LogP contribution is -2.48. The molecule has 1 unspecified atom stereocenters. The molecule has 1 N–H and O–H groups in total. The fourth-order valence-corrected chi connectivity index (χ4v) is 3.71. The van der Waals surface area contributed by atoms with Crippen LogP contribution >= 0.6 is 12.4 Å². The summed E-state index contributed by atoms with van der Waals surface area (Å²) in [6, 6.07) is 13.5. The zero-order valence-electron chi connectivity index (χ0n) is 16.4. The van der Waals surface area contributed by atoms with Crippen molar-refractivity contribution < 1.29 is 9.53 Å². The molecule has 7 nitrogen and oxygen atoms in total. The molecule has 1 amide bonds. The number of hydrogen-bond acceptors (Lipinski definition) is 5. The normalized spacial score (nSPS) is 16.2. The number of hydrogen-bond donors (Lipinski definition) is 1. The van der Waals surface area contributed by atoms with Crippen LogP contribution in [-0.2, 0) is 0 Å². The second-order valence-electron chi connectivity index (χ2n) is 6.80. The van der Waals surface area contributed by atoms with Crippen LogP contribution in [0.5, 0.6) is 5.75 Å². The molecule has 1 aliphatic rings. The first kappa shape index (κ1) is 20.8. The SMILES string of the molecule is COc1ccccc1C1CNCCN1C(=O)c1ccc(-n2cncn2)c(C)c1.Cl. The van der Waals surface area contributed by atoms with Gasteiger partial charge in [-0.15, -0.1) is 12.4 Å². The number of ether oxygens (including phenoxy) is 1. The molecule has 0 aliphatic carbocycles. The van der Waals surface area contributed by atoms with Gasteiger partial charge < -0.3 is 15.0 Å². The number of aryl methyl sites for hydroxylation is 1. The predicted molar refractivity (Wildman–Crippen MR) is 113 cm³/mol. The second-order valence-corrected chi connectivity index (χ2v) is 6.80. The Hall–Kier alpha value is -2.90. The lowest BCUT2D eigenvalue weighted by atomic mass is 10.00. The van der Waals surface area contributed by atoms with Gasteiger partial charge in [0.05, 0.1) is 18.8 Å². The minimum Gasteiger partial charge on any atom is -0.496 e. The van der Waals surface area contributed by atoms with E-state index in [1.54, 1.807) is 18.1 Å². The number of amides is 1. The van der Waals surface area contributed by atoms with E-state index in [9.17, 15) is 4.79 Å². The third-order valence-electron chi connectivity index (χ3n) is 5.11.